The molecule has 0 amide bonds. The predicted molar refractivity (Wildman–Crippen MR) is 66.8 cm³/mol. The first-order valence-electron chi connectivity index (χ1n) is 6.41. The van der Waals surface area contributed by atoms with E-state index in [0.29, 0.717) is 5.41 Å². The zero-order valence-electron chi connectivity index (χ0n) is 10.5. The third-order valence-electron chi connectivity index (χ3n) is 3.99. The summed E-state index contributed by atoms with van der Waals surface area (Å²) in [6.45, 7) is 7.08. The predicted octanol–water partition coefficient (Wildman–Crippen LogP) is 4.87. The first kappa shape index (κ1) is 11.0. The molecule has 0 aromatic carbocycles. The third kappa shape index (κ3) is 2.96. The Bertz CT molecular complexity index is 291. The fourth-order valence-corrected chi connectivity index (χ4v) is 3.22. The van der Waals surface area contributed by atoms with Crippen LogP contribution in [0.4, 0.5) is 0 Å². The van der Waals surface area contributed by atoms with Crippen LogP contribution >= 0.6 is 0 Å². The van der Waals surface area contributed by atoms with Gasteiger partial charge in [-0.15, -0.1) is 0 Å². The number of rotatable bonds is 2. The van der Waals surface area contributed by atoms with Crippen molar-refractivity contribution in [2.45, 2.75) is 59.3 Å². The van der Waals surface area contributed by atoms with Gasteiger partial charge in [0.05, 0.1) is 0 Å². The van der Waals surface area contributed by atoms with Crippen LogP contribution in [-0.2, 0) is 0 Å². The highest BCUT2D eigenvalue weighted by molar-refractivity contribution is 5.26. The van der Waals surface area contributed by atoms with Crippen molar-refractivity contribution >= 4 is 0 Å². The summed E-state index contributed by atoms with van der Waals surface area (Å²) < 4.78 is 0. The fraction of sp³-hybridized carbons (Fsp3) is 0.733. The molecule has 0 N–H and O–H groups in total. The molecule has 0 heterocycles. The van der Waals surface area contributed by atoms with Gasteiger partial charge in [-0.05, 0) is 56.8 Å². The molecule has 0 heteroatoms. The van der Waals surface area contributed by atoms with Crippen LogP contribution in [0.15, 0.2) is 23.3 Å². The van der Waals surface area contributed by atoms with Crippen LogP contribution in [0.3, 0.4) is 0 Å². The van der Waals surface area contributed by atoms with Gasteiger partial charge in [0.2, 0.25) is 0 Å². The van der Waals surface area contributed by atoms with Gasteiger partial charge in [-0.25, -0.2) is 0 Å². The minimum Gasteiger partial charge on any atom is -0.0813 e. The highest BCUT2D eigenvalue weighted by Gasteiger charge is 2.30. The first-order chi connectivity index (χ1) is 7.05. The maximum Gasteiger partial charge on any atom is -0.0282 e. The lowest BCUT2D eigenvalue weighted by atomic mass is 9.87. The Labute approximate surface area is 94.5 Å². The summed E-state index contributed by atoms with van der Waals surface area (Å²) in [5, 5.41) is 0. The van der Waals surface area contributed by atoms with Gasteiger partial charge in [-0.3, -0.25) is 0 Å². The third-order valence-corrected chi connectivity index (χ3v) is 3.99. The average molecular weight is 204 g/mol. The van der Waals surface area contributed by atoms with Gasteiger partial charge >= 0.3 is 0 Å². The molecule has 1 fully saturated rings. The lowest BCUT2D eigenvalue weighted by Gasteiger charge is -2.19. The zero-order valence-corrected chi connectivity index (χ0v) is 10.5. The van der Waals surface area contributed by atoms with Crippen molar-refractivity contribution in [2.75, 3.05) is 0 Å². The largest absolute Gasteiger partial charge is 0.0813 e. The Hall–Kier alpha value is -0.520. The molecule has 0 aliphatic heterocycles. The van der Waals surface area contributed by atoms with Gasteiger partial charge in [0, 0.05) is 0 Å². The molecule has 0 aromatic heterocycles. The lowest BCUT2D eigenvalue weighted by molar-refractivity contribution is 0.359. The quantitative estimate of drug-likeness (QED) is 0.602. The van der Waals surface area contributed by atoms with E-state index in [1.807, 2.05) is 0 Å². The van der Waals surface area contributed by atoms with E-state index in [0.717, 1.165) is 5.92 Å². The Morgan fingerprint density at radius 2 is 2.20 bits per heavy atom. The molecule has 1 saturated carbocycles. The van der Waals surface area contributed by atoms with Crippen molar-refractivity contribution in [1.29, 1.82) is 0 Å². The molecular weight excluding hydrogens is 180 g/mol. The second kappa shape index (κ2) is 4.15. The second-order valence-electron chi connectivity index (χ2n) is 6.27. The summed E-state index contributed by atoms with van der Waals surface area (Å²) in [6, 6.07) is 0. The van der Waals surface area contributed by atoms with E-state index in [2.05, 4.69) is 32.9 Å². The number of hydrogen-bond donors (Lipinski definition) is 0. The minimum atomic E-state index is 0.616. The molecular formula is C15H24. The average Bonchev–Trinajstić information content (AvgIpc) is 2.45. The van der Waals surface area contributed by atoms with Crippen molar-refractivity contribution in [3.05, 3.63) is 23.3 Å². The van der Waals surface area contributed by atoms with Crippen molar-refractivity contribution in [1.82, 2.24) is 0 Å². The van der Waals surface area contributed by atoms with Crippen LogP contribution in [0.5, 0.6) is 0 Å². The highest BCUT2D eigenvalue weighted by Crippen LogP contribution is 2.44. The molecule has 15 heavy (non-hydrogen) atoms. The molecule has 84 valence electrons. The van der Waals surface area contributed by atoms with Crippen molar-refractivity contribution < 1.29 is 0 Å². The molecule has 0 bridgehead atoms. The van der Waals surface area contributed by atoms with Gasteiger partial charge in [-0.2, -0.15) is 0 Å². The molecule has 0 radical (unpaired) electrons. The van der Waals surface area contributed by atoms with Gasteiger partial charge in [0.15, 0.2) is 0 Å². The molecule has 0 aromatic rings. The van der Waals surface area contributed by atoms with E-state index in [1.165, 1.54) is 44.1 Å². The minimum absolute atomic E-state index is 0.616. The molecule has 1 atom stereocenters. The molecule has 1 unspecified atom stereocenters. The normalized spacial score (nSPS) is 29.9. The first-order valence-corrected chi connectivity index (χ1v) is 6.41. The summed E-state index contributed by atoms with van der Waals surface area (Å²) >= 11 is 0. The van der Waals surface area contributed by atoms with E-state index in [-0.39, 0.29) is 0 Å². The Balaban J connectivity index is 1.91. The van der Waals surface area contributed by atoms with E-state index in [4.69, 9.17) is 0 Å². The monoisotopic (exact) mass is 204 g/mol. The number of hydrogen-bond acceptors (Lipinski definition) is 0. The number of allylic oxidation sites excluding steroid dienone is 4. The van der Waals surface area contributed by atoms with Crippen LogP contribution < -0.4 is 0 Å². The standard InChI is InChI=1S/C15H24/c1-12-5-4-6-13(9-12)10-14-7-8-15(2,3)11-14/h5,9,14H,4,6-8,10-11H2,1-3H3. The van der Waals surface area contributed by atoms with Crippen molar-refractivity contribution in [2.24, 2.45) is 11.3 Å². The van der Waals surface area contributed by atoms with Gasteiger partial charge in [0.25, 0.3) is 0 Å². The van der Waals surface area contributed by atoms with Gasteiger partial charge in [0.1, 0.15) is 0 Å². The highest BCUT2D eigenvalue weighted by atomic mass is 14.4. The lowest BCUT2D eigenvalue weighted by Crippen LogP contribution is -2.06. The maximum atomic E-state index is 2.43. The summed E-state index contributed by atoms with van der Waals surface area (Å²) in [5.74, 6) is 0.970. The van der Waals surface area contributed by atoms with Crippen LogP contribution in [0.25, 0.3) is 0 Å². The summed E-state index contributed by atoms with van der Waals surface area (Å²) in [5.41, 5.74) is 3.80. The maximum absolute atomic E-state index is 2.43. The summed E-state index contributed by atoms with van der Waals surface area (Å²) in [4.78, 5) is 0. The van der Waals surface area contributed by atoms with Gasteiger partial charge in [-0.1, -0.05) is 37.1 Å². The van der Waals surface area contributed by atoms with Crippen LogP contribution in [0.1, 0.15) is 59.3 Å². The van der Waals surface area contributed by atoms with E-state index in [1.54, 1.807) is 5.57 Å². The molecule has 0 spiro atoms. The van der Waals surface area contributed by atoms with Crippen LogP contribution in [-0.4, -0.2) is 0 Å². The van der Waals surface area contributed by atoms with Crippen LogP contribution in [0, 0.1) is 11.3 Å². The summed E-state index contributed by atoms with van der Waals surface area (Å²) in [7, 11) is 0. The van der Waals surface area contributed by atoms with Gasteiger partial charge < -0.3 is 0 Å². The molecule has 0 saturated heterocycles. The molecule has 2 rings (SSSR count). The van der Waals surface area contributed by atoms with Crippen LogP contribution in [0.2, 0.25) is 0 Å². The second-order valence-corrected chi connectivity index (χ2v) is 6.27. The Kier molecular flexibility index (Phi) is 3.04. The van der Waals surface area contributed by atoms with E-state index in [9.17, 15) is 0 Å². The Morgan fingerprint density at radius 3 is 2.80 bits per heavy atom. The molecule has 2 aliphatic rings. The molecule has 0 nitrogen and oxygen atoms in total. The van der Waals surface area contributed by atoms with Crippen molar-refractivity contribution in [3.63, 3.8) is 0 Å². The van der Waals surface area contributed by atoms with E-state index < -0.39 is 0 Å². The zero-order chi connectivity index (χ0) is 10.9. The smallest absolute Gasteiger partial charge is 0.0282 e. The summed E-state index contributed by atoms with van der Waals surface area (Å²) in [6.07, 6.45) is 13.1. The fourth-order valence-electron chi connectivity index (χ4n) is 3.22. The Morgan fingerprint density at radius 1 is 1.40 bits per heavy atom. The molecule has 2 aliphatic carbocycles. The topological polar surface area (TPSA) is 0 Å². The SMILES string of the molecule is CC1=CCCC(CC2CCC(C)(C)C2)=C1. The van der Waals surface area contributed by atoms with Crippen molar-refractivity contribution in [3.8, 4) is 0 Å². The van der Waals surface area contributed by atoms with E-state index >= 15 is 0 Å².